The first-order valence-electron chi connectivity index (χ1n) is 7.67. The molecule has 5 nitrogen and oxygen atoms in total. The van der Waals surface area contributed by atoms with Crippen molar-refractivity contribution in [2.45, 2.75) is 27.2 Å². The molecule has 0 aromatic heterocycles. The number of ether oxygens (including phenoxy) is 1. The smallest absolute Gasteiger partial charge is 0.272 e. The van der Waals surface area contributed by atoms with E-state index in [0.717, 1.165) is 24.1 Å². The average Bonchev–Trinajstić information content (AvgIpc) is 2.37. The number of nitrogens with zero attached hydrogens (tertiary/aromatic N) is 1. The minimum atomic E-state index is -0.361. The van der Waals surface area contributed by atoms with Crippen molar-refractivity contribution < 1.29 is 14.6 Å². The van der Waals surface area contributed by atoms with Gasteiger partial charge in [0, 0.05) is 23.5 Å². The molecule has 3 atom stereocenters. The van der Waals surface area contributed by atoms with Crippen LogP contribution in [-0.2, 0) is 0 Å². The SMILES string of the molecule is Cc1cc(OCC[NH+]2C[C@H](C)C[C@H](C)C2)ccc1[N+](=O)[O-]. The zero-order chi connectivity index (χ0) is 15.4. The molecule has 1 aliphatic rings. The van der Waals surface area contributed by atoms with Crippen LogP contribution in [0.1, 0.15) is 25.8 Å². The second-order valence-corrected chi connectivity index (χ2v) is 6.41. The van der Waals surface area contributed by atoms with Gasteiger partial charge in [0.1, 0.15) is 18.9 Å². The standard InChI is InChI=1S/C16H24N2O3/c1-12-8-13(2)11-17(10-12)6-7-21-15-4-5-16(18(19)20)14(3)9-15/h4-5,9,12-13H,6-8,10-11H2,1-3H3/p+1/t12-,13+. The van der Waals surface area contributed by atoms with Gasteiger partial charge in [0.15, 0.2) is 0 Å². The van der Waals surface area contributed by atoms with E-state index in [1.54, 1.807) is 24.0 Å². The molecule has 116 valence electrons. The predicted octanol–water partition coefficient (Wildman–Crippen LogP) is 1.84. The van der Waals surface area contributed by atoms with Crippen LogP contribution in [0.5, 0.6) is 5.75 Å². The van der Waals surface area contributed by atoms with Gasteiger partial charge in [0.2, 0.25) is 0 Å². The first kappa shape index (κ1) is 15.8. The fourth-order valence-electron chi connectivity index (χ4n) is 3.36. The number of benzene rings is 1. The van der Waals surface area contributed by atoms with Crippen molar-refractivity contribution in [3.8, 4) is 5.75 Å². The summed E-state index contributed by atoms with van der Waals surface area (Å²) in [5.41, 5.74) is 0.789. The third-order valence-corrected chi connectivity index (χ3v) is 4.17. The molecule has 1 saturated heterocycles. The number of nitro groups is 1. The lowest BCUT2D eigenvalue weighted by Crippen LogP contribution is -3.14. The molecule has 1 N–H and O–H groups in total. The third kappa shape index (κ3) is 4.43. The number of piperidine rings is 1. The van der Waals surface area contributed by atoms with Crippen LogP contribution in [0.25, 0.3) is 0 Å². The summed E-state index contributed by atoms with van der Waals surface area (Å²) in [5, 5.41) is 10.8. The molecule has 1 aromatic rings. The highest BCUT2D eigenvalue weighted by Crippen LogP contribution is 2.22. The maximum atomic E-state index is 10.8. The van der Waals surface area contributed by atoms with Gasteiger partial charge < -0.3 is 9.64 Å². The number of nitro benzene ring substituents is 1. The number of hydrogen-bond donors (Lipinski definition) is 1. The highest BCUT2D eigenvalue weighted by atomic mass is 16.6. The van der Waals surface area contributed by atoms with Crippen LogP contribution in [-0.4, -0.2) is 31.2 Å². The molecule has 0 radical (unpaired) electrons. The summed E-state index contributed by atoms with van der Waals surface area (Å²) >= 11 is 0. The zero-order valence-corrected chi connectivity index (χ0v) is 13.1. The first-order chi connectivity index (χ1) is 9.95. The summed E-state index contributed by atoms with van der Waals surface area (Å²) in [7, 11) is 0. The van der Waals surface area contributed by atoms with Crippen molar-refractivity contribution in [3.63, 3.8) is 0 Å². The maximum Gasteiger partial charge on any atom is 0.272 e. The van der Waals surface area contributed by atoms with Gasteiger partial charge in [-0.2, -0.15) is 0 Å². The van der Waals surface area contributed by atoms with Crippen LogP contribution in [0.2, 0.25) is 0 Å². The molecule has 1 fully saturated rings. The molecule has 1 unspecified atom stereocenters. The molecule has 0 bridgehead atoms. The topological polar surface area (TPSA) is 56.8 Å². The molecule has 1 aliphatic heterocycles. The van der Waals surface area contributed by atoms with Gasteiger partial charge in [-0.25, -0.2) is 0 Å². The van der Waals surface area contributed by atoms with Gasteiger partial charge in [-0.15, -0.1) is 0 Å². The first-order valence-corrected chi connectivity index (χ1v) is 7.67. The van der Waals surface area contributed by atoms with E-state index in [9.17, 15) is 10.1 Å². The van der Waals surface area contributed by atoms with Crippen LogP contribution in [0.15, 0.2) is 18.2 Å². The van der Waals surface area contributed by atoms with Crippen molar-refractivity contribution in [2.24, 2.45) is 11.8 Å². The molecular formula is C16H25N2O3+. The van der Waals surface area contributed by atoms with Crippen LogP contribution < -0.4 is 9.64 Å². The fourth-order valence-corrected chi connectivity index (χ4v) is 3.36. The largest absolute Gasteiger partial charge is 0.488 e. The number of aryl methyl sites for hydroxylation is 1. The Hall–Kier alpha value is -1.62. The molecule has 0 amide bonds. The van der Waals surface area contributed by atoms with Gasteiger partial charge in [-0.3, -0.25) is 10.1 Å². The summed E-state index contributed by atoms with van der Waals surface area (Å²) in [6.07, 6.45) is 1.33. The minimum Gasteiger partial charge on any atom is -0.488 e. The van der Waals surface area contributed by atoms with E-state index in [-0.39, 0.29) is 10.6 Å². The Balaban J connectivity index is 1.83. The molecule has 1 heterocycles. The van der Waals surface area contributed by atoms with Crippen molar-refractivity contribution in [3.05, 3.63) is 33.9 Å². The molecule has 0 aliphatic carbocycles. The summed E-state index contributed by atoms with van der Waals surface area (Å²) < 4.78 is 5.75. The summed E-state index contributed by atoms with van der Waals surface area (Å²) in [5.74, 6) is 2.28. The molecular weight excluding hydrogens is 268 g/mol. The van der Waals surface area contributed by atoms with E-state index in [1.165, 1.54) is 25.6 Å². The fraction of sp³-hybridized carbons (Fsp3) is 0.625. The maximum absolute atomic E-state index is 10.8. The van der Waals surface area contributed by atoms with Crippen LogP contribution in [0.3, 0.4) is 0 Å². The lowest BCUT2D eigenvalue weighted by atomic mass is 9.92. The third-order valence-electron chi connectivity index (χ3n) is 4.17. The zero-order valence-electron chi connectivity index (χ0n) is 13.1. The monoisotopic (exact) mass is 293 g/mol. The number of rotatable bonds is 5. The number of quaternary nitrogens is 1. The Morgan fingerprint density at radius 1 is 1.33 bits per heavy atom. The lowest BCUT2D eigenvalue weighted by Gasteiger charge is -2.31. The summed E-state index contributed by atoms with van der Waals surface area (Å²) in [4.78, 5) is 12.0. The van der Waals surface area contributed by atoms with E-state index < -0.39 is 0 Å². The van der Waals surface area contributed by atoms with Gasteiger partial charge in [-0.1, -0.05) is 13.8 Å². The van der Waals surface area contributed by atoms with Gasteiger partial charge in [-0.05, 0) is 25.5 Å². The second kappa shape index (κ2) is 6.89. The summed E-state index contributed by atoms with van der Waals surface area (Å²) in [6.45, 7) is 10.5. The van der Waals surface area contributed by atoms with Crippen molar-refractivity contribution in [1.82, 2.24) is 0 Å². The Bertz CT molecular complexity index is 494. The average molecular weight is 293 g/mol. The highest BCUT2D eigenvalue weighted by Gasteiger charge is 2.24. The van der Waals surface area contributed by atoms with Crippen molar-refractivity contribution >= 4 is 5.69 Å². The Kier molecular flexibility index (Phi) is 5.17. The minimum absolute atomic E-state index is 0.145. The number of nitrogens with one attached hydrogen (secondary N) is 1. The van der Waals surface area contributed by atoms with Gasteiger partial charge >= 0.3 is 0 Å². The van der Waals surface area contributed by atoms with Crippen LogP contribution >= 0.6 is 0 Å². The molecule has 0 saturated carbocycles. The van der Waals surface area contributed by atoms with Crippen molar-refractivity contribution in [2.75, 3.05) is 26.2 Å². The Morgan fingerprint density at radius 3 is 2.57 bits per heavy atom. The predicted molar refractivity (Wildman–Crippen MR) is 81.8 cm³/mol. The lowest BCUT2D eigenvalue weighted by molar-refractivity contribution is -0.912. The second-order valence-electron chi connectivity index (χ2n) is 6.41. The van der Waals surface area contributed by atoms with E-state index in [4.69, 9.17) is 4.74 Å². The van der Waals surface area contributed by atoms with Crippen LogP contribution in [0.4, 0.5) is 5.69 Å². The number of likely N-dealkylation sites (tertiary alicyclic amines) is 1. The van der Waals surface area contributed by atoms with E-state index in [2.05, 4.69) is 13.8 Å². The summed E-state index contributed by atoms with van der Waals surface area (Å²) in [6, 6.07) is 4.94. The molecule has 5 heteroatoms. The van der Waals surface area contributed by atoms with Gasteiger partial charge in [0.25, 0.3) is 5.69 Å². The van der Waals surface area contributed by atoms with Crippen LogP contribution in [0, 0.1) is 28.9 Å². The molecule has 2 rings (SSSR count). The van der Waals surface area contributed by atoms with Gasteiger partial charge in [0.05, 0.1) is 18.0 Å². The normalized spacial score (nSPS) is 25.6. The van der Waals surface area contributed by atoms with E-state index in [1.807, 2.05) is 0 Å². The highest BCUT2D eigenvalue weighted by molar-refractivity contribution is 5.44. The Labute approximate surface area is 126 Å². The van der Waals surface area contributed by atoms with E-state index in [0.29, 0.717) is 12.2 Å². The molecule has 1 aromatic carbocycles. The Morgan fingerprint density at radius 2 is 2.00 bits per heavy atom. The molecule has 21 heavy (non-hydrogen) atoms. The number of hydrogen-bond acceptors (Lipinski definition) is 3. The quantitative estimate of drug-likeness (QED) is 0.666. The molecule has 0 spiro atoms. The van der Waals surface area contributed by atoms with Crippen molar-refractivity contribution in [1.29, 1.82) is 0 Å². The van der Waals surface area contributed by atoms with E-state index >= 15 is 0 Å².